The second-order valence-electron chi connectivity index (χ2n) is 8.80. The SMILES string of the molecule is COc1cc(C(=O)N2CCC3(CC2)Oc2cc(Cl)ccc2-n2cccc23)ccc1C(C)CO. The topological polar surface area (TPSA) is 63.9 Å². The lowest BCUT2D eigenvalue weighted by molar-refractivity contribution is -0.00930. The minimum Gasteiger partial charge on any atom is -0.496 e. The number of likely N-dealkylation sites (tertiary alicyclic amines) is 1. The minimum atomic E-state index is -0.490. The van der Waals surface area contributed by atoms with Gasteiger partial charge >= 0.3 is 0 Å². The van der Waals surface area contributed by atoms with Crippen LogP contribution in [0, 0.1) is 0 Å². The van der Waals surface area contributed by atoms with Crippen molar-refractivity contribution in [1.29, 1.82) is 0 Å². The monoisotopic (exact) mass is 466 g/mol. The van der Waals surface area contributed by atoms with Crippen LogP contribution in [0.5, 0.6) is 11.5 Å². The lowest BCUT2D eigenvalue weighted by Gasteiger charge is -2.45. The van der Waals surface area contributed by atoms with Gasteiger partial charge in [-0.1, -0.05) is 24.6 Å². The van der Waals surface area contributed by atoms with Crippen LogP contribution in [0.3, 0.4) is 0 Å². The van der Waals surface area contributed by atoms with E-state index >= 15 is 0 Å². The Labute approximate surface area is 198 Å². The molecule has 1 aromatic heterocycles. The molecule has 33 heavy (non-hydrogen) atoms. The van der Waals surface area contributed by atoms with Crippen molar-refractivity contribution in [2.45, 2.75) is 31.3 Å². The molecular weight excluding hydrogens is 440 g/mol. The van der Waals surface area contributed by atoms with Crippen molar-refractivity contribution in [1.82, 2.24) is 9.47 Å². The van der Waals surface area contributed by atoms with Crippen molar-refractivity contribution in [3.63, 3.8) is 0 Å². The summed E-state index contributed by atoms with van der Waals surface area (Å²) >= 11 is 6.24. The largest absolute Gasteiger partial charge is 0.496 e. The van der Waals surface area contributed by atoms with E-state index in [-0.39, 0.29) is 18.4 Å². The van der Waals surface area contributed by atoms with E-state index in [0.717, 1.165) is 22.7 Å². The van der Waals surface area contributed by atoms with E-state index in [1.165, 1.54) is 0 Å². The second-order valence-corrected chi connectivity index (χ2v) is 9.24. The van der Waals surface area contributed by atoms with E-state index in [9.17, 15) is 9.90 Å². The Kier molecular flexibility index (Phi) is 5.59. The molecule has 1 N–H and O–H groups in total. The number of aromatic nitrogens is 1. The van der Waals surface area contributed by atoms with Crippen LogP contribution in [0.1, 0.15) is 47.3 Å². The van der Waals surface area contributed by atoms with Gasteiger partial charge in [-0.25, -0.2) is 0 Å². The summed E-state index contributed by atoms with van der Waals surface area (Å²) in [5.74, 6) is 1.30. The average Bonchev–Trinajstić information content (AvgIpc) is 3.34. The first kappa shape index (κ1) is 21.9. The van der Waals surface area contributed by atoms with Crippen LogP contribution in [0.4, 0.5) is 0 Å². The normalized spacial score (nSPS) is 17.2. The van der Waals surface area contributed by atoms with Crippen molar-refractivity contribution in [2.24, 2.45) is 0 Å². The highest BCUT2D eigenvalue weighted by Gasteiger charge is 2.44. The standard InChI is InChI=1S/C26H27ClN2O4/c1-17(16-30)20-7-5-18(14-22(20)32-2)25(31)28-12-9-26(10-13-28)24-4-3-11-29(24)21-8-6-19(27)15-23(21)33-26/h3-8,11,14-15,17,30H,9-10,12-13,16H2,1-2H3. The van der Waals surface area contributed by atoms with Gasteiger partial charge < -0.3 is 24.0 Å². The van der Waals surface area contributed by atoms with Crippen LogP contribution >= 0.6 is 11.6 Å². The van der Waals surface area contributed by atoms with Crippen molar-refractivity contribution in [3.8, 4) is 17.2 Å². The summed E-state index contributed by atoms with van der Waals surface area (Å²) in [4.78, 5) is 15.2. The van der Waals surface area contributed by atoms with Gasteiger partial charge in [0.15, 0.2) is 5.60 Å². The molecule has 1 spiro atoms. The molecule has 2 aliphatic heterocycles. The molecule has 5 rings (SSSR count). The van der Waals surface area contributed by atoms with Gasteiger partial charge in [0, 0.05) is 61.3 Å². The van der Waals surface area contributed by atoms with Crippen molar-refractivity contribution >= 4 is 17.5 Å². The van der Waals surface area contributed by atoms with Crippen molar-refractivity contribution in [3.05, 3.63) is 76.6 Å². The predicted octanol–water partition coefficient (Wildman–Crippen LogP) is 4.76. The summed E-state index contributed by atoms with van der Waals surface area (Å²) < 4.78 is 14.2. The number of carbonyl (C=O) groups is 1. The lowest BCUT2D eigenvalue weighted by atomic mass is 9.86. The first-order valence-corrected chi connectivity index (χ1v) is 11.6. The third-order valence-corrected chi connectivity index (χ3v) is 7.08. The van der Waals surface area contributed by atoms with Crippen molar-refractivity contribution < 1.29 is 19.4 Å². The molecule has 7 heteroatoms. The number of amides is 1. The first-order valence-electron chi connectivity index (χ1n) is 11.2. The summed E-state index contributed by atoms with van der Waals surface area (Å²) in [5, 5.41) is 10.1. The number of aliphatic hydroxyl groups is 1. The Morgan fingerprint density at radius 2 is 2.00 bits per heavy atom. The number of halogens is 1. The van der Waals surface area contributed by atoms with Gasteiger partial charge in [0.2, 0.25) is 0 Å². The average molecular weight is 467 g/mol. The van der Waals surface area contributed by atoms with Crippen LogP contribution in [0.25, 0.3) is 5.69 Å². The van der Waals surface area contributed by atoms with Gasteiger partial charge in [0.25, 0.3) is 5.91 Å². The fourth-order valence-electron chi connectivity index (χ4n) is 4.96. The lowest BCUT2D eigenvalue weighted by Crippen LogP contribution is -2.50. The molecule has 3 aromatic rings. The highest BCUT2D eigenvalue weighted by atomic mass is 35.5. The molecule has 0 radical (unpaired) electrons. The zero-order chi connectivity index (χ0) is 23.2. The smallest absolute Gasteiger partial charge is 0.253 e. The zero-order valence-electron chi connectivity index (χ0n) is 18.8. The second kappa shape index (κ2) is 8.43. The van der Waals surface area contributed by atoms with Gasteiger partial charge in [-0.2, -0.15) is 0 Å². The number of hydrogen-bond acceptors (Lipinski definition) is 4. The molecule has 0 saturated carbocycles. The maximum absolute atomic E-state index is 13.3. The number of aliphatic hydroxyl groups excluding tert-OH is 1. The van der Waals surface area contributed by atoms with Gasteiger partial charge in [-0.15, -0.1) is 0 Å². The number of fused-ring (bicyclic) bond motifs is 4. The van der Waals surface area contributed by atoms with Gasteiger partial charge in [-0.3, -0.25) is 4.79 Å². The first-order chi connectivity index (χ1) is 16.0. The van der Waals surface area contributed by atoms with Gasteiger partial charge in [-0.05, 0) is 42.0 Å². The number of benzene rings is 2. The van der Waals surface area contributed by atoms with Crippen LogP contribution in [0.2, 0.25) is 5.02 Å². The third-order valence-electron chi connectivity index (χ3n) is 6.85. The fraction of sp³-hybridized carbons (Fsp3) is 0.346. The molecule has 2 aromatic carbocycles. The van der Waals surface area contributed by atoms with Crippen molar-refractivity contribution in [2.75, 3.05) is 26.8 Å². The predicted molar refractivity (Wildman–Crippen MR) is 127 cm³/mol. The highest BCUT2D eigenvalue weighted by Crippen LogP contribution is 2.46. The number of methoxy groups -OCH3 is 1. The van der Waals surface area contributed by atoms with Gasteiger partial charge in [0.1, 0.15) is 11.5 Å². The number of piperidine rings is 1. The summed E-state index contributed by atoms with van der Waals surface area (Å²) in [6, 6.07) is 15.3. The van der Waals surface area contributed by atoms with Crippen LogP contribution in [0.15, 0.2) is 54.7 Å². The summed E-state index contributed by atoms with van der Waals surface area (Å²) in [7, 11) is 1.58. The molecule has 0 bridgehead atoms. The number of rotatable bonds is 4. The molecule has 1 unspecified atom stereocenters. The molecular formula is C26H27ClN2O4. The fourth-order valence-corrected chi connectivity index (χ4v) is 5.12. The molecule has 6 nitrogen and oxygen atoms in total. The third kappa shape index (κ3) is 3.67. The maximum atomic E-state index is 13.3. The number of ether oxygens (including phenoxy) is 2. The molecule has 1 amide bonds. The minimum absolute atomic E-state index is 0.0218. The molecule has 172 valence electrons. The highest BCUT2D eigenvalue weighted by molar-refractivity contribution is 6.30. The summed E-state index contributed by atoms with van der Waals surface area (Å²) in [6.07, 6.45) is 3.42. The Bertz CT molecular complexity index is 1200. The Hall–Kier alpha value is -2.96. The van der Waals surface area contributed by atoms with Crippen LogP contribution in [-0.2, 0) is 5.60 Å². The van der Waals surface area contributed by atoms with E-state index in [0.29, 0.717) is 42.3 Å². The molecule has 1 fully saturated rings. The van der Waals surface area contributed by atoms with E-state index in [4.69, 9.17) is 21.1 Å². The summed E-state index contributed by atoms with van der Waals surface area (Å²) in [5.41, 5.74) is 3.07. The molecule has 0 aliphatic carbocycles. The Balaban J connectivity index is 1.37. The summed E-state index contributed by atoms with van der Waals surface area (Å²) in [6.45, 7) is 3.11. The Morgan fingerprint density at radius 1 is 1.21 bits per heavy atom. The zero-order valence-corrected chi connectivity index (χ0v) is 19.5. The quantitative estimate of drug-likeness (QED) is 0.602. The molecule has 1 atom stereocenters. The van der Waals surface area contributed by atoms with Crippen LogP contribution in [-0.4, -0.2) is 47.3 Å². The maximum Gasteiger partial charge on any atom is 0.253 e. The van der Waals surface area contributed by atoms with E-state index in [2.05, 4.69) is 10.6 Å². The molecule has 2 aliphatic rings. The number of hydrogen-bond donors (Lipinski definition) is 1. The number of nitrogens with zero attached hydrogens (tertiary/aromatic N) is 2. The van der Waals surface area contributed by atoms with Gasteiger partial charge in [0.05, 0.1) is 18.5 Å². The molecule has 3 heterocycles. The number of carbonyl (C=O) groups excluding carboxylic acids is 1. The van der Waals surface area contributed by atoms with E-state index < -0.39 is 5.60 Å². The Morgan fingerprint density at radius 3 is 2.73 bits per heavy atom. The van der Waals surface area contributed by atoms with E-state index in [1.54, 1.807) is 13.2 Å². The van der Waals surface area contributed by atoms with E-state index in [1.807, 2.05) is 54.4 Å². The molecule has 1 saturated heterocycles. The van der Waals surface area contributed by atoms with Crippen LogP contribution < -0.4 is 9.47 Å².